The second-order valence-corrected chi connectivity index (χ2v) is 8.82. The largest absolute Gasteiger partial charge is 0.338 e. The Hall–Kier alpha value is -3.26. The van der Waals surface area contributed by atoms with E-state index in [9.17, 15) is 9.59 Å². The lowest BCUT2D eigenvalue weighted by Gasteiger charge is -2.34. The molecule has 0 aliphatic carbocycles. The molecule has 32 heavy (non-hydrogen) atoms. The van der Waals surface area contributed by atoms with Gasteiger partial charge in [0.05, 0.1) is 5.75 Å². The smallest absolute Gasteiger partial charge is 0.321 e. The summed E-state index contributed by atoms with van der Waals surface area (Å²) in [5.41, 5.74) is 4.20. The topological polar surface area (TPSA) is 70.5 Å². The van der Waals surface area contributed by atoms with Crippen molar-refractivity contribution in [2.45, 2.75) is 19.0 Å². The van der Waals surface area contributed by atoms with Gasteiger partial charge >= 0.3 is 6.03 Å². The Kier molecular flexibility index (Phi) is 6.80. The number of carbonyl (C=O) groups is 2. The van der Waals surface area contributed by atoms with Gasteiger partial charge in [-0.2, -0.15) is 0 Å². The van der Waals surface area contributed by atoms with Gasteiger partial charge in [-0.05, 0) is 49.2 Å². The molecule has 1 N–H and O–H groups in total. The number of para-hydroxylation sites is 1. The van der Waals surface area contributed by atoms with Gasteiger partial charge in [-0.25, -0.2) is 9.78 Å². The standard InChI is InChI=1S/C24H27N5O2S/c1-18-14-19(2)16-21(15-18)29-9-8-25-24(29)32-17-22(30)27-10-12-28(13-11-27)23(31)26-20-6-4-3-5-7-20/h3-9,14-16H,10-13,17H2,1-2H3,(H,26,31). The van der Waals surface area contributed by atoms with Crippen LogP contribution in [0.2, 0.25) is 0 Å². The number of amides is 3. The van der Waals surface area contributed by atoms with Crippen LogP contribution in [0, 0.1) is 13.8 Å². The van der Waals surface area contributed by atoms with Gasteiger partial charge in [0, 0.05) is 49.9 Å². The average Bonchev–Trinajstić information content (AvgIpc) is 3.26. The van der Waals surface area contributed by atoms with E-state index < -0.39 is 0 Å². The van der Waals surface area contributed by atoms with Gasteiger partial charge in [-0.3, -0.25) is 9.36 Å². The number of carbonyl (C=O) groups excluding carboxylic acids is 2. The van der Waals surface area contributed by atoms with E-state index >= 15 is 0 Å². The summed E-state index contributed by atoms with van der Waals surface area (Å²) < 4.78 is 2.02. The van der Waals surface area contributed by atoms with Gasteiger partial charge in [0.1, 0.15) is 0 Å². The summed E-state index contributed by atoms with van der Waals surface area (Å²) in [4.78, 5) is 33.2. The number of hydrogen-bond donors (Lipinski definition) is 1. The minimum absolute atomic E-state index is 0.0630. The highest BCUT2D eigenvalue weighted by Gasteiger charge is 2.24. The molecule has 3 aromatic rings. The van der Waals surface area contributed by atoms with Gasteiger partial charge in [-0.1, -0.05) is 36.0 Å². The van der Waals surface area contributed by atoms with Crippen molar-refractivity contribution in [2.75, 3.05) is 37.2 Å². The number of piperazine rings is 1. The molecule has 1 aromatic heterocycles. The monoisotopic (exact) mass is 449 g/mol. The molecule has 1 aliphatic heterocycles. The number of benzene rings is 2. The quantitative estimate of drug-likeness (QED) is 0.599. The number of thioether (sulfide) groups is 1. The van der Waals surface area contributed by atoms with Crippen molar-refractivity contribution in [3.8, 4) is 5.69 Å². The number of rotatable bonds is 5. The van der Waals surface area contributed by atoms with Crippen molar-refractivity contribution in [1.29, 1.82) is 0 Å². The van der Waals surface area contributed by atoms with Crippen LogP contribution >= 0.6 is 11.8 Å². The van der Waals surface area contributed by atoms with Crippen molar-refractivity contribution in [3.63, 3.8) is 0 Å². The third kappa shape index (κ3) is 5.31. The lowest BCUT2D eigenvalue weighted by atomic mass is 10.1. The van der Waals surface area contributed by atoms with Crippen molar-refractivity contribution >= 4 is 29.4 Å². The fraction of sp³-hybridized carbons (Fsp3) is 0.292. The number of aromatic nitrogens is 2. The molecule has 0 saturated carbocycles. The molecule has 2 aromatic carbocycles. The van der Waals surface area contributed by atoms with Crippen molar-refractivity contribution in [2.24, 2.45) is 0 Å². The minimum Gasteiger partial charge on any atom is -0.338 e. The van der Waals surface area contributed by atoms with Crippen molar-refractivity contribution in [3.05, 3.63) is 72.1 Å². The Morgan fingerprint density at radius 1 is 0.969 bits per heavy atom. The molecule has 1 aliphatic rings. The van der Waals surface area contributed by atoms with Gasteiger partial charge in [-0.15, -0.1) is 0 Å². The van der Waals surface area contributed by atoms with Crippen LogP contribution < -0.4 is 5.32 Å². The molecule has 4 rings (SSSR count). The molecule has 1 saturated heterocycles. The van der Waals surface area contributed by atoms with Crippen LogP contribution in [-0.4, -0.2) is 63.2 Å². The third-order valence-electron chi connectivity index (χ3n) is 5.36. The van der Waals surface area contributed by atoms with E-state index in [2.05, 4.69) is 42.3 Å². The Morgan fingerprint density at radius 3 is 2.31 bits per heavy atom. The number of aryl methyl sites for hydroxylation is 2. The Morgan fingerprint density at radius 2 is 1.62 bits per heavy atom. The zero-order valence-electron chi connectivity index (χ0n) is 18.3. The lowest BCUT2D eigenvalue weighted by Crippen LogP contribution is -2.52. The molecular weight excluding hydrogens is 422 g/mol. The van der Waals surface area contributed by atoms with E-state index in [0.717, 1.165) is 16.5 Å². The minimum atomic E-state index is -0.131. The molecule has 8 heteroatoms. The summed E-state index contributed by atoms with van der Waals surface area (Å²) >= 11 is 1.44. The van der Waals surface area contributed by atoms with E-state index in [-0.39, 0.29) is 11.9 Å². The Balaban J connectivity index is 1.29. The summed E-state index contributed by atoms with van der Waals surface area (Å²) in [7, 11) is 0. The second-order valence-electron chi connectivity index (χ2n) is 7.88. The van der Waals surface area contributed by atoms with Gasteiger partial charge < -0.3 is 15.1 Å². The number of anilines is 1. The first kappa shape index (κ1) is 22.0. The first-order valence-corrected chi connectivity index (χ1v) is 11.6. The predicted octanol–water partition coefficient (Wildman–Crippen LogP) is 3.96. The number of nitrogens with zero attached hydrogens (tertiary/aromatic N) is 4. The summed E-state index contributed by atoms with van der Waals surface area (Å²) in [6, 6.07) is 15.6. The number of urea groups is 1. The van der Waals surface area contributed by atoms with E-state index in [1.54, 1.807) is 11.1 Å². The van der Waals surface area contributed by atoms with Crippen LogP contribution in [0.25, 0.3) is 5.69 Å². The number of hydrogen-bond acceptors (Lipinski definition) is 4. The molecule has 1 fully saturated rings. The maximum absolute atomic E-state index is 12.8. The van der Waals surface area contributed by atoms with E-state index in [1.165, 1.54) is 22.9 Å². The number of imidazole rings is 1. The molecule has 166 valence electrons. The normalized spacial score (nSPS) is 13.8. The molecule has 2 heterocycles. The van der Waals surface area contributed by atoms with Crippen LogP contribution in [0.4, 0.5) is 10.5 Å². The fourth-order valence-corrected chi connectivity index (χ4v) is 4.66. The predicted molar refractivity (Wildman–Crippen MR) is 127 cm³/mol. The summed E-state index contributed by atoms with van der Waals surface area (Å²) in [6.07, 6.45) is 3.68. The molecular formula is C24H27N5O2S. The van der Waals surface area contributed by atoms with Crippen molar-refractivity contribution in [1.82, 2.24) is 19.4 Å². The average molecular weight is 450 g/mol. The highest BCUT2D eigenvalue weighted by Crippen LogP contribution is 2.23. The third-order valence-corrected chi connectivity index (χ3v) is 6.31. The zero-order chi connectivity index (χ0) is 22.5. The summed E-state index contributed by atoms with van der Waals surface area (Å²) in [6.45, 7) is 6.26. The van der Waals surface area contributed by atoms with Crippen LogP contribution in [0.5, 0.6) is 0 Å². The highest BCUT2D eigenvalue weighted by molar-refractivity contribution is 7.99. The van der Waals surface area contributed by atoms with Gasteiger partial charge in [0.2, 0.25) is 5.91 Å². The maximum atomic E-state index is 12.8. The first-order chi connectivity index (χ1) is 15.5. The second kappa shape index (κ2) is 9.91. The Bertz CT molecular complexity index is 1070. The molecule has 0 radical (unpaired) electrons. The summed E-state index contributed by atoms with van der Waals surface area (Å²) in [5, 5.41) is 3.69. The van der Waals surface area contributed by atoms with Crippen LogP contribution in [0.3, 0.4) is 0 Å². The van der Waals surface area contributed by atoms with E-state index in [0.29, 0.717) is 31.9 Å². The van der Waals surface area contributed by atoms with Crippen LogP contribution in [0.15, 0.2) is 66.1 Å². The maximum Gasteiger partial charge on any atom is 0.321 e. The highest BCUT2D eigenvalue weighted by atomic mass is 32.2. The summed E-state index contributed by atoms with van der Waals surface area (Å²) in [5.74, 6) is 0.381. The zero-order valence-corrected chi connectivity index (χ0v) is 19.1. The molecule has 0 unspecified atom stereocenters. The lowest BCUT2D eigenvalue weighted by molar-refractivity contribution is -0.129. The molecule has 0 atom stereocenters. The molecule has 0 bridgehead atoms. The fourth-order valence-electron chi connectivity index (χ4n) is 3.78. The van der Waals surface area contributed by atoms with Gasteiger partial charge in [0.15, 0.2) is 5.16 Å². The first-order valence-electron chi connectivity index (χ1n) is 10.6. The van der Waals surface area contributed by atoms with Crippen molar-refractivity contribution < 1.29 is 9.59 Å². The molecule has 0 spiro atoms. The van der Waals surface area contributed by atoms with Gasteiger partial charge in [0.25, 0.3) is 0 Å². The van der Waals surface area contributed by atoms with E-state index in [1.807, 2.05) is 46.0 Å². The molecule has 7 nitrogen and oxygen atoms in total. The SMILES string of the molecule is Cc1cc(C)cc(-n2ccnc2SCC(=O)N2CCN(C(=O)Nc3ccccc3)CC2)c1. The van der Waals surface area contributed by atoms with Crippen LogP contribution in [-0.2, 0) is 4.79 Å². The Labute approximate surface area is 192 Å². The number of nitrogens with one attached hydrogen (secondary N) is 1. The van der Waals surface area contributed by atoms with Crippen LogP contribution in [0.1, 0.15) is 11.1 Å². The molecule has 3 amide bonds. The van der Waals surface area contributed by atoms with E-state index in [4.69, 9.17) is 0 Å².